The molecular formula is C7H12FN5. The maximum absolute atomic E-state index is 14.1. The van der Waals surface area contributed by atoms with Crippen LogP contribution in [0.15, 0.2) is 0 Å². The van der Waals surface area contributed by atoms with Gasteiger partial charge in [-0.15, -0.1) is 10.2 Å². The Balaban J connectivity index is 2.22. The van der Waals surface area contributed by atoms with E-state index in [9.17, 15) is 4.39 Å². The van der Waals surface area contributed by atoms with Crippen LogP contribution in [-0.2, 0) is 12.7 Å². The van der Waals surface area contributed by atoms with Gasteiger partial charge in [0.2, 0.25) is 5.82 Å². The number of aryl methyl sites for hydroxylation is 1. The smallest absolute Gasteiger partial charge is 0.213 e. The monoisotopic (exact) mass is 185 g/mol. The van der Waals surface area contributed by atoms with Crippen LogP contribution < -0.4 is 5.32 Å². The molecule has 0 saturated carbocycles. The maximum Gasteiger partial charge on any atom is 0.213 e. The molecule has 1 aromatic rings. The molecule has 1 saturated heterocycles. The van der Waals surface area contributed by atoms with Crippen LogP contribution in [0.4, 0.5) is 4.39 Å². The predicted molar refractivity (Wildman–Crippen MR) is 43.7 cm³/mol. The second-order valence-corrected chi connectivity index (χ2v) is 3.35. The minimum absolute atomic E-state index is 0.196. The number of nitrogens with one attached hydrogen (secondary N) is 1. The van der Waals surface area contributed by atoms with Crippen LogP contribution in [0.1, 0.15) is 18.7 Å². The Morgan fingerprint density at radius 1 is 1.62 bits per heavy atom. The van der Waals surface area contributed by atoms with E-state index in [1.807, 2.05) is 0 Å². The quantitative estimate of drug-likeness (QED) is 0.656. The molecule has 2 heterocycles. The first kappa shape index (κ1) is 8.55. The predicted octanol–water partition coefficient (Wildman–Crippen LogP) is -0.242. The topological polar surface area (TPSA) is 55.6 Å². The Morgan fingerprint density at radius 2 is 2.46 bits per heavy atom. The Kier molecular flexibility index (Phi) is 1.99. The molecule has 0 aromatic carbocycles. The zero-order chi connectivity index (χ0) is 9.31. The van der Waals surface area contributed by atoms with Gasteiger partial charge in [0, 0.05) is 6.54 Å². The van der Waals surface area contributed by atoms with Crippen molar-refractivity contribution in [2.24, 2.45) is 7.05 Å². The summed E-state index contributed by atoms with van der Waals surface area (Å²) < 4.78 is 14.1. The second kappa shape index (κ2) is 3.02. The van der Waals surface area contributed by atoms with Crippen molar-refractivity contribution in [3.8, 4) is 0 Å². The zero-order valence-corrected chi connectivity index (χ0v) is 7.50. The molecule has 0 spiro atoms. The van der Waals surface area contributed by atoms with Crippen LogP contribution in [0, 0.1) is 0 Å². The van der Waals surface area contributed by atoms with Crippen LogP contribution in [0.5, 0.6) is 0 Å². The molecule has 5 nitrogen and oxygen atoms in total. The van der Waals surface area contributed by atoms with Gasteiger partial charge in [0.25, 0.3) is 0 Å². The average molecular weight is 185 g/mol. The van der Waals surface area contributed by atoms with Crippen molar-refractivity contribution in [2.45, 2.75) is 18.5 Å². The summed E-state index contributed by atoms with van der Waals surface area (Å²) in [5, 5.41) is 14.2. The molecule has 1 N–H and O–H groups in total. The fraction of sp³-hybridized carbons (Fsp3) is 0.857. The molecule has 2 rings (SSSR count). The van der Waals surface area contributed by atoms with Gasteiger partial charge < -0.3 is 5.32 Å². The number of hydrogen-bond acceptors (Lipinski definition) is 4. The van der Waals surface area contributed by atoms with E-state index < -0.39 is 5.67 Å². The average Bonchev–Trinajstić information content (AvgIpc) is 2.54. The lowest BCUT2D eigenvalue weighted by atomic mass is 9.96. The minimum atomic E-state index is -1.42. The van der Waals surface area contributed by atoms with Crippen LogP contribution in [0.3, 0.4) is 0 Å². The Morgan fingerprint density at radius 3 is 3.00 bits per heavy atom. The third-order valence-corrected chi connectivity index (χ3v) is 2.24. The van der Waals surface area contributed by atoms with Gasteiger partial charge in [-0.05, 0) is 24.6 Å². The zero-order valence-electron chi connectivity index (χ0n) is 7.50. The number of aromatic nitrogens is 4. The molecule has 0 amide bonds. The van der Waals surface area contributed by atoms with Crippen molar-refractivity contribution in [1.29, 1.82) is 0 Å². The summed E-state index contributed by atoms with van der Waals surface area (Å²) in [4.78, 5) is 1.28. The van der Waals surface area contributed by atoms with Crippen LogP contribution in [0.2, 0.25) is 0 Å². The summed E-state index contributed by atoms with van der Waals surface area (Å²) in [7, 11) is 1.64. The highest BCUT2D eigenvalue weighted by Gasteiger charge is 2.38. The Labute approximate surface area is 75.3 Å². The van der Waals surface area contributed by atoms with E-state index >= 15 is 0 Å². The lowest BCUT2D eigenvalue weighted by Gasteiger charge is -2.26. The molecule has 1 atom stereocenters. The third-order valence-electron chi connectivity index (χ3n) is 2.24. The molecule has 0 bridgehead atoms. The van der Waals surface area contributed by atoms with E-state index in [0.29, 0.717) is 13.0 Å². The van der Waals surface area contributed by atoms with E-state index in [-0.39, 0.29) is 5.82 Å². The van der Waals surface area contributed by atoms with Crippen molar-refractivity contribution in [3.63, 3.8) is 0 Å². The van der Waals surface area contributed by atoms with Gasteiger partial charge in [0.15, 0.2) is 5.67 Å². The van der Waals surface area contributed by atoms with Crippen molar-refractivity contribution in [3.05, 3.63) is 5.82 Å². The molecule has 6 heteroatoms. The molecule has 0 radical (unpaired) electrons. The number of nitrogens with zero attached hydrogens (tertiary/aromatic N) is 4. The molecular weight excluding hydrogens is 173 g/mol. The van der Waals surface area contributed by atoms with E-state index in [1.54, 1.807) is 7.05 Å². The van der Waals surface area contributed by atoms with Gasteiger partial charge >= 0.3 is 0 Å². The first-order valence-electron chi connectivity index (χ1n) is 4.35. The molecule has 1 aliphatic rings. The number of piperidine rings is 1. The molecule has 13 heavy (non-hydrogen) atoms. The van der Waals surface area contributed by atoms with Gasteiger partial charge in [0.05, 0.1) is 7.05 Å². The van der Waals surface area contributed by atoms with E-state index in [1.165, 1.54) is 4.80 Å². The first-order valence-corrected chi connectivity index (χ1v) is 4.35. The van der Waals surface area contributed by atoms with Gasteiger partial charge in [-0.3, -0.25) is 0 Å². The summed E-state index contributed by atoms with van der Waals surface area (Å²) in [6.45, 7) is 1.16. The van der Waals surface area contributed by atoms with Gasteiger partial charge in [-0.2, -0.15) is 4.80 Å². The van der Waals surface area contributed by atoms with E-state index in [0.717, 1.165) is 13.0 Å². The second-order valence-electron chi connectivity index (χ2n) is 3.35. The lowest BCUT2D eigenvalue weighted by molar-refractivity contribution is 0.110. The maximum atomic E-state index is 14.1. The Bertz CT molecular complexity index is 291. The van der Waals surface area contributed by atoms with Gasteiger partial charge in [-0.1, -0.05) is 0 Å². The molecule has 1 aromatic heterocycles. The summed E-state index contributed by atoms with van der Waals surface area (Å²) in [5.74, 6) is 0.196. The highest BCUT2D eigenvalue weighted by molar-refractivity contribution is 5.01. The normalized spacial score (nSPS) is 29.1. The first-order chi connectivity index (χ1) is 6.21. The number of rotatable bonds is 1. The van der Waals surface area contributed by atoms with Crippen LogP contribution in [0.25, 0.3) is 0 Å². The van der Waals surface area contributed by atoms with Crippen molar-refractivity contribution < 1.29 is 4.39 Å². The molecule has 1 fully saturated rings. The lowest BCUT2D eigenvalue weighted by Crippen LogP contribution is -2.40. The molecule has 1 aliphatic heterocycles. The summed E-state index contributed by atoms with van der Waals surface area (Å²) in [5.41, 5.74) is -1.42. The summed E-state index contributed by atoms with van der Waals surface area (Å²) >= 11 is 0. The van der Waals surface area contributed by atoms with Crippen LogP contribution in [-0.4, -0.2) is 33.3 Å². The van der Waals surface area contributed by atoms with Crippen molar-refractivity contribution >= 4 is 0 Å². The summed E-state index contributed by atoms with van der Waals surface area (Å²) in [6, 6.07) is 0. The van der Waals surface area contributed by atoms with E-state index in [4.69, 9.17) is 0 Å². The van der Waals surface area contributed by atoms with Gasteiger partial charge in [0.1, 0.15) is 0 Å². The summed E-state index contributed by atoms with van der Waals surface area (Å²) in [6.07, 6.45) is 1.29. The number of hydrogen-bond donors (Lipinski definition) is 1. The number of halogens is 1. The minimum Gasteiger partial charge on any atom is -0.313 e. The standard InChI is InChI=1S/C7H12FN5/c1-13-11-6(10-12-13)7(8)3-2-4-9-5-7/h9H,2-5H2,1H3. The fourth-order valence-electron chi connectivity index (χ4n) is 1.52. The van der Waals surface area contributed by atoms with E-state index in [2.05, 4.69) is 20.7 Å². The number of tetrazole rings is 1. The van der Waals surface area contributed by atoms with Crippen molar-refractivity contribution in [1.82, 2.24) is 25.5 Å². The molecule has 1 unspecified atom stereocenters. The Hall–Kier alpha value is -1.04. The fourth-order valence-corrected chi connectivity index (χ4v) is 1.52. The SMILES string of the molecule is Cn1nnc(C2(F)CCCNC2)n1. The van der Waals surface area contributed by atoms with Crippen LogP contribution >= 0.6 is 0 Å². The highest BCUT2D eigenvalue weighted by Crippen LogP contribution is 2.29. The van der Waals surface area contributed by atoms with Gasteiger partial charge in [-0.25, -0.2) is 4.39 Å². The molecule has 0 aliphatic carbocycles. The largest absolute Gasteiger partial charge is 0.313 e. The highest BCUT2D eigenvalue weighted by atomic mass is 19.1. The third kappa shape index (κ3) is 1.53. The number of alkyl halides is 1. The van der Waals surface area contributed by atoms with Crippen molar-refractivity contribution in [2.75, 3.05) is 13.1 Å². The molecule has 72 valence electrons.